The molecule has 2 rings (SSSR count). The van der Waals surface area contributed by atoms with Gasteiger partial charge in [-0.15, -0.1) is 0 Å². The van der Waals surface area contributed by atoms with E-state index in [1.165, 1.54) is 22.9 Å². The lowest BCUT2D eigenvalue weighted by molar-refractivity contribution is -0.138. The standard InChI is InChI=1S/C16H14Br2F3NO2/c1-15(2,3)24-14(23)22-8-10(17)7-13(22)9-4-5-11(12(18)6-9)16(19,20)21/h4-8H,1-3H3. The van der Waals surface area contributed by atoms with Crippen molar-refractivity contribution < 1.29 is 22.7 Å². The van der Waals surface area contributed by atoms with Gasteiger partial charge in [-0.25, -0.2) is 4.79 Å². The van der Waals surface area contributed by atoms with Crippen molar-refractivity contribution in [2.24, 2.45) is 0 Å². The van der Waals surface area contributed by atoms with Gasteiger partial charge in [-0.2, -0.15) is 13.2 Å². The second kappa shape index (κ2) is 6.55. The average molecular weight is 469 g/mol. The maximum absolute atomic E-state index is 12.9. The minimum atomic E-state index is -4.45. The lowest BCUT2D eigenvalue weighted by Gasteiger charge is -2.20. The second-order valence-electron chi connectivity index (χ2n) is 6.09. The van der Waals surface area contributed by atoms with Crippen LogP contribution in [0.5, 0.6) is 0 Å². The number of rotatable bonds is 1. The largest absolute Gasteiger partial charge is 0.443 e. The summed E-state index contributed by atoms with van der Waals surface area (Å²) in [5, 5.41) is 0. The van der Waals surface area contributed by atoms with Crippen molar-refractivity contribution in [1.29, 1.82) is 0 Å². The van der Waals surface area contributed by atoms with Crippen LogP contribution in [0.3, 0.4) is 0 Å². The summed E-state index contributed by atoms with van der Waals surface area (Å²) in [6, 6.07) is 5.25. The van der Waals surface area contributed by atoms with Crippen molar-refractivity contribution in [3.63, 3.8) is 0 Å². The maximum Gasteiger partial charge on any atom is 0.419 e. The van der Waals surface area contributed by atoms with Crippen molar-refractivity contribution in [2.75, 3.05) is 0 Å². The van der Waals surface area contributed by atoms with E-state index in [-0.39, 0.29) is 4.47 Å². The maximum atomic E-state index is 12.9. The Morgan fingerprint density at radius 1 is 1.12 bits per heavy atom. The van der Waals surface area contributed by atoms with Crippen LogP contribution in [-0.2, 0) is 10.9 Å². The van der Waals surface area contributed by atoms with Gasteiger partial charge in [0.2, 0.25) is 0 Å². The Morgan fingerprint density at radius 2 is 1.75 bits per heavy atom. The van der Waals surface area contributed by atoms with E-state index >= 15 is 0 Å². The van der Waals surface area contributed by atoms with Gasteiger partial charge in [0.05, 0.1) is 11.3 Å². The van der Waals surface area contributed by atoms with E-state index in [0.717, 1.165) is 6.07 Å². The van der Waals surface area contributed by atoms with Gasteiger partial charge in [0.1, 0.15) is 5.60 Å². The van der Waals surface area contributed by atoms with E-state index in [9.17, 15) is 18.0 Å². The number of halogens is 5. The van der Waals surface area contributed by atoms with E-state index < -0.39 is 23.4 Å². The fourth-order valence-electron chi connectivity index (χ4n) is 2.02. The molecule has 1 heterocycles. The summed E-state index contributed by atoms with van der Waals surface area (Å²) in [5.41, 5.74) is -0.594. The zero-order valence-electron chi connectivity index (χ0n) is 13.0. The molecule has 0 spiro atoms. The van der Waals surface area contributed by atoms with Crippen molar-refractivity contribution in [3.8, 4) is 11.3 Å². The summed E-state index contributed by atoms with van der Waals surface area (Å²) in [7, 11) is 0. The van der Waals surface area contributed by atoms with E-state index in [1.54, 1.807) is 26.8 Å². The fourth-order valence-corrected chi connectivity index (χ4v) is 3.04. The highest BCUT2D eigenvalue weighted by Gasteiger charge is 2.33. The van der Waals surface area contributed by atoms with Crippen molar-refractivity contribution >= 4 is 38.0 Å². The summed E-state index contributed by atoms with van der Waals surface area (Å²) in [5.74, 6) is 0. The molecule has 3 nitrogen and oxygen atoms in total. The van der Waals surface area contributed by atoms with Gasteiger partial charge < -0.3 is 4.74 Å². The van der Waals surface area contributed by atoms with Crippen LogP contribution in [0.15, 0.2) is 39.4 Å². The summed E-state index contributed by atoms with van der Waals surface area (Å²) >= 11 is 6.21. The van der Waals surface area contributed by atoms with Crippen LogP contribution in [0.4, 0.5) is 18.0 Å². The lowest BCUT2D eigenvalue weighted by atomic mass is 10.1. The molecule has 0 aliphatic carbocycles. The molecular formula is C16H14Br2F3NO2. The molecule has 0 saturated heterocycles. The predicted molar refractivity (Wildman–Crippen MR) is 91.9 cm³/mol. The second-order valence-corrected chi connectivity index (χ2v) is 7.86. The Hall–Kier alpha value is -1.28. The lowest BCUT2D eigenvalue weighted by Crippen LogP contribution is -2.27. The first-order chi connectivity index (χ1) is 10.9. The summed E-state index contributed by atoms with van der Waals surface area (Å²) in [4.78, 5) is 12.3. The highest BCUT2D eigenvalue weighted by atomic mass is 79.9. The molecule has 0 fully saturated rings. The average Bonchev–Trinajstić information content (AvgIpc) is 2.77. The third-order valence-electron chi connectivity index (χ3n) is 2.95. The molecule has 0 amide bonds. The molecule has 0 unspecified atom stereocenters. The van der Waals surface area contributed by atoms with Crippen molar-refractivity contribution in [1.82, 2.24) is 4.57 Å². The molecule has 0 N–H and O–H groups in total. The smallest absolute Gasteiger partial charge is 0.419 e. The summed E-state index contributed by atoms with van der Waals surface area (Å²) < 4.78 is 45.7. The first-order valence-electron chi connectivity index (χ1n) is 6.87. The highest BCUT2D eigenvalue weighted by molar-refractivity contribution is 9.10. The molecule has 0 radical (unpaired) electrons. The van der Waals surface area contributed by atoms with Gasteiger partial charge in [0, 0.05) is 15.1 Å². The first kappa shape index (κ1) is 19.1. The summed E-state index contributed by atoms with van der Waals surface area (Å²) in [6.45, 7) is 5.20. The first-order valence-corrected chi connectivity index (χ1v) is 8.45. The van der Waals surface area contributed by atoms with E-state index in [0.29, 0.717) is 15.7 Å². The van der Waals surface area contributed by atoms with Crippen LogP contribution in [0.1, 0.15) is 26.3 Å². The minimum Gasteiger partial charge on any atom is -0.443 e. The number of alkyl halides is 3. The molecule has 2 aromatic rings. The molecule has 0 atom stereocenters. The Labute approximate surface area is 154 Å². The predicted octanol–water partition coefficient (Wildman–Crippen LogP) is 6.48. The van der Waals surface area contributed by atoms with Crippen LogP contribution < -0.4 is 0 Å². The van der Waals surface area contributed by atoms with Gasteiger partial charge in [-0.3, -0.25) is 4.57 Å². The SMILES string of the molecule is CC(C)(C)OC(=O)n1cc(Br)cc1-c1ccc(C(F)(F)F)c(Br)c1. The molecular weight excluding hydrogens is 455 g/mol. The Morgan fingerprint density at radius 3 is 2.25 bits per heavy atom. The Balaban J connectivity index is 2.47. The van der Waals surface area contributed by atoms with Crippen LogP contribution in [0.2, 0.25) is 0 Å². The molecule has 0 aliphatic rings. The quantitative estimate of drug-likeness (QED) is 0.479. The van der Waals surface area contributed by atoms with Crippen LogP contribution in [-0.4, -0.2) is 16.3 Å². The van der Waals surface area contributed by atoms with Crippen LogP contribution in [0.25, 0.3) is 11.3 Å². The topological polar surface area (TPSA) is 31.2 Å². The summed E-state index contributed by atoms with van der Waals surface area (Å²) in [6.07, 6.45) is -3.56. The third kappa shape index (κ3) is 4.42. The number of hydrogen-bond donors (Lipinski definition) is 0. The number of benzene rings is 1. The van der Waals surface area contributed by atoms with Gasteiger partial charge in [0.15, 0.2) is 0 Å². The number of aromatic nitrogens is 1. The van der Waals surface area contributed by atoms with E-state index in [2.05, 4.69) is 31.9 Å². The number of carbonyl (C=O) groups is 1. The van der Waals surface area contributed by atoms with Crippen molar-refractivity contribution in [2.45, 2.75) is 32.5 Å². The monoisotopic (exact) mass is 467 g/mol. The third-order valence-corrected chi connectivity index (χ3v) is 4.04. The van der Waals surface area contributed by atoms with Crippen LogP contribution in [0, 0.1) is 0 Å². The Kier molecular flexibility index (Phi) is 5.20. The van der Waals surface area contributed by atoms with Gasteiger partial charge in [-0.05, 0) is 60.5 Å². The number of hydrogen-bond acceptors (Lipinski definition) is 2. The molecule has 1 aromatic carbocycles. The highest BCUT2D eigenvalue weighted by Crippen LogP contribution is 2.37. The molecule has 1 aromatic heterocycles. The minimum absolute atomic E-state index is 0.0967. The molecule has 0 aliphatic heterocycles. The zero-order chi connectivity index (χ0) is 18.3. The van der Waals surface area contributed by atoms with E-state index in [1.807, 2.05) is 0 Å². The van der Waals surface area contributed by atoms with Crippen LogP contribution >= 0.6 is 31.9 Å². The molecule has 0 bridgehead atoms. The number of ether oxygens (including phenoxy) is 1. The number of nitrogens with zero attached hydrogens (tertiary/aromatic N) is 1. The van der Waals surface area contributed by atoms with Gasteiger partial charge >= 0.3 is 12.3 Å². The van der Waals surface area contributed by atoms with Crippen molar-refractivity contribution in [3.05, 3.63) is 45.0 Å². The molecule has 24 heavy (non-hydrogen) atoms. The fraction of sp³-hybridized carbons (Fsp3) is 0.312. The number of carbonyl (C=O) groups excluding carboxylic acids is 1. The molecule has 0 saturated carbocycles. The molecule has 8 heteroatoms. The van der Waals surface area contributed by atoms with Gasteiger partial charge in [0.25, 0.3) is 0 Å². The van der Waals surface area contributed by atoms with Gasteiger partial charge in [-0.1, -0.05) is 22.0 Å². The molecule has 130 valence electrons. The Bertz CT molecular complexity index is 777. The normalized spacial score (nSPS) is 12.3. The van der Waals surface area contributed by atoms with E-state index in [4.69, 9.17) is 4.74 Å². The zero-order valence-corrected chi connectivity index (χ0v) is 16.2.